The molecule has 0 unspecified atom stereocenters. The molecule has 8 heteroatoms. The van der Waals surface area contributed by atoms with Crippen LogP contribution in [-0.4, -0.2) is 50.6 Å². The first kappa shape index (κ1) is 25.1. The summed E-state index contributed by atoms with van der Waals surface area (Å²) in [6.07, 6.45) is 1.40. The molecule has 0 spiro atoms. The standard InChI is InChI=1S/C28H31N3O5/c1-34-25-13-10-22(18-26(25)35-2)29-27(32)19-31-16-14-20(15-17-31)28(33)30-21-8-11-24(12-9-21)36-23-6-4-3-5-7-23/h3-13,18,20H,14-17,19H2,1-2H3,(H,29,32)(H,30,33). The SMILES string of the molecule is COc1ccc(NC(=O)CN2CCC(C(=O)Nc3ccc(Oc4ccccc4)cc3)CC2)cc1OC. The number of carbonyl (C=O) groups excluding carboxylic acids is 2. The second-order valence-corrected chi connectivity index (χ2v) is 8.60. The fourth-order valence-corrected chi connectivity index (χ4v) is 4.15. The molecule has 1 fully saturated rings. The van der Waals surface area contributed by atoms with E-state index in [0.717, 1.165) is 11.4 Å². The van der Waals surface area contributed by atoms with Crippen molar-refractivity contribution in [2.45, 2.75) is 12.8 Å². The van der Waals surface area contributed by atoms with E-state index < -0.39 is 0 Å². The molecule has 188 valence electrons. The van der Waals surface area contributed by atoms with E-state index in [-0.39, 0.29) is 24.3 Å². The number of methoxy groups -OCH3 is 2. The summed E-state index contributed by atoms with van der Waals surface area (Å²) in [5.74, 6) is 2.43. The number of ether oxygens (including phenoxy) is 3. The van der Waals surface area contributed by atoms with E-state index in [1.165, 1.54) is 0 Å². The van der Waals surface area contributed by atoms with Gasteiger partial charge in [-0.3, -0.25) is 14.5 Å². The van der Waals surface area contributed by atoms with Crippen molar-refractivity contribution in [3.8, 4) is 23.0 Å². The van der Waals surface area contributed by atoms with Gasteiger partial charge in [0.2, 0.25) is 11.8 Å². The number of benzene rings is 3. The number of carbonyl (C=O) groups is 2. The highest BCUT2D eigenvalue weighted by Gasteiger charge is 2.26. The molecule has 3 aromatic carbocycles. The Kier molecular flexibility index (Phi) is 8.41. The summed E-state index contributed by atoms with van der Waals surface area (Å²) in [4.78, 5) is 27.3. The molecular weight excluding hydrogens is 458 g/mol. The van der Waals surface area contributed by atoms with Gasteiger partial charge in [0.1, 0.15) is 11.5 Å². The van der Waals surface area contributed by atoms with Gasteiger partial charge in [-0.1, -0.05) is 18.2 Å². The Morgan fingerprint density at radius 2 is 1.44 bits per heavy atom. The molecule has 2 N–H and O–H groups in total. The van der Waals surface area contributed by atoms with Crippen LogP contribution in [0, 0.1) is 5.92 Å². The number of anilines is 2. The Balaban J connectivity index is 1.21. The van der Waals surface area contributed by atoms with Gasteiger partial charge >= 0.3 is 0 Å². The molecule has 2 amide bonds. The Labute approximate surface area is 211 Å². The molecule has 0 aromatic heterocycles. The third-order valence-electron chi connectivity index (χ3n) is 6.09. The number of rotatable bonds is 9. The molecule has 0 atom stereocenters. The fraction of sp³-hybridized carbons (Fsp3) is 0.286. The van der Waals surface area contributed by atoms with Crippen molar-refractivity contribution in [3.05, 3.63) is 72.8 Å². The molecule has 0 saturated carbocycles. The maximum Gasteiger partial charge on any atom is 0.238 e. The van der Waals surface area contributed by atoms with Crippen molar-refractivity contribution >= 4 is 23.2 Å². The molecule has 0 bridgehead atoms. The van der Waals surface area contributed by atoms with Crippen molar-refractivity contribution in [1.82, 2.24) is 4.90 Å². The smallest absolute Gasteiger partial charge is 0.238 e. The Morgan fingerprint density at radius 3 is 2.11 bits per heavy atom. The molecule has 8 nitrogen and oxygen atoms in total. The van der Waals surface area contributed by atoms with Crippen molar-refractivity contribution < 1.29 is 23.8 Å². The normalized spacial score (nSPS) is 14.1. The van der Waals surface area contributed by atoms with Crippen LogP contribution >= 0.6 is 0 Å². The van der Waals surface area contributed by atoms with Crippen molar-refractivity contribution in [2.24, 2.45) is 5.92 Å². The number of nitrogens with zero attached hydrogens (tertiary/aromatic N) is 1. The molecule has 3 aromatic rings. The number of nitrogens with one attached hydrogen (secondary N) is 2. The van der Waals surface area contributed by atoms with Crippen molar-refractivity contribution in [3.63, 3.8) is 0 Å². The third kappa shape index (κ3) is 6.76. The van der Waals surface area contributed by atoms with Crippen LogP contribution in [0.3, 0.4) is 0 Å². The molecule has 0 radical (unpaired) electrons. The van der Waals surface area contributed by atoms with Gasteiger partial charge in [0.05, 0.1) is 20.8 Å². The van der Waals surface area contributed by atoms with Gasteiger partial charge in [-0.2, -0.15) is 0 Å². The molecular formula is C28H31N3O5. The van der Waals surface area contributed by atoms with Gasteiger partial charge in [0, 0.05) is 23.4 Å². The van der Waals surface area contributed by atoms with Gasteiger partial charge in [-0.05, 0) is 74.5 Å². The first-order chi connectivity index (χ1) is 17.5. The zero-order valence-electron chi connectivity index (χ0n) is 20.5. The zero-order valence-corrected chi connectivity index (χ0v) is 20.5. The predicted molar refractivity (Wildman–Crippen MR) is 139 cm³/mol. The summed E-state index contributed by atoms with van der Waals surface area (Å²) in [7, 11) is 3.12. The summed E-state index contributed by atoms with van der Waals surface area (Å²) in [6, 6.07) is 22.2. The number of piperidine rings is 1. The molecule has 1 aliphatic heterocycles. The van der Waals surface area contributed by atoms with E-state index in [2.05, 4.69) is 15.5 Å². The topological polar surface area (TPSA) is 89.1 Å². The number of hydrogen-bond acceptors (Lipinski definition) is 6. The van der Waals surface area contributed by atoms with Crippen LogP contribution in [0.1, 0.15) is 12.8 Å². The summed E-state index contributed by atoms with van der Waals surface area (Å²) < 4.78 is 16.3. The minimum absolute atomic E-state index is 0.00107. The number of amides is 2. The lowest BCUT2D eigenvalue weighted by Gasteiger charge is -2.30. The summed E-state index contributed by atoms with van der Waals surface area (Å²) >= 11 is 0. The maximum atomic E-state index is 12.8. The molecule has 36 heavy (non-hydrogen) atoms. The Hall–Kier alpha value is -4.04. The lowest BCUT2D eigenvalue weighted by molar-refractivity contribution is -0.121. The van der Waals surface area contributed by atoms with Gasteiger partial charge in [-0.25, -0.2) is 0 Å². The van der Waals surface area contributed by atoms with E-state index in [9.17, 15) is 9.59 Å². The van der Waals surface area contributed by atoms with Crippen LogP contribution in [0.4, 0.5) is 11.4 Å². The molecule has 4 rings (SSSR count). The molecule has 0 aliphatic carbocycles. The van der Waals surface area contributed by atoms with Gasteiger partial charge in [0.25, 0.3) is 0 Å². The van der Waals surface area contributed by atoms with E-state index in [1.54, 1.807) is 32.4 Å². The maximum absolute atomic E-state index is 12.8. The minimum Gasteiger partial charge on any atom is -0.493 e. The highest BCUT2D eigenvalue weighted by molar-refractivity contribution is 5.93. The largest absolute Gasteiger partial charge is 0.493 e. The summed E-state index contributed by atoms with van der Waals surface area (Å²) in [5.41, 5.74) is 1.38. The van der Waals surface area contributed by atoms with Gasteiger partial charge in [0.15, 0.2) is 11.5 Å². The third-order valence-corrected chi connectivity index (χ3v) is 6.09. The zero-order chi connectivity index (χ0) is 25.3. The summed E-state index contributed by atoms with van der Waals surface area (Å²) in [5, 5.41) is 5.89. The summed E-state index contributed by atoms with van der Waals surface area (Å²) in [6.45, 7) is 1.63. The average molecular weight is 490 g/mol. The number of para-hydroxylation sites is 1. The second kappa shape index (κ2) is 12.1. The van der Waals surface area contributed by atoms with Gasteiger partial charge in [-0.15, -0.1) is 0 Å². The van der Waals surface area contributed by atoms with Crippen molar-refractivity contribution in [1.29, 1.82) is 0 Å². The quantitative estimate of drug-likeness (QED) is 0.450. The first-order valence-electron chi connectivity index (χ1n) is 11.9. The number of hydrogen-bond donors (Lipinski definition) is 2. The minimum atomic E-state index is -0.108. The van der Waals surface area contributed by atoms with Crippen LogP contribution in [0.2, 0.25) is 0 Å². The number of likely N-dealkylation sites (tertiary alicyclic amines) is 1. The van der Waals surface area contributed by atoms with Crippen molar-refractivity contribution in [2.75, 3.05) is 44.5 Å². The van der Waals surface area contributed by atoms with E-state index in [0.29, 0.717) is 48.9 Å². The predicted octanol–water partition coefficient (Wildman–Crippen LogP) is 4.79. The van der Waals surface area contributed by atoms with E-state index >= 15 is 0 Å². The second-order valence-electron chi connectivity index (χ2n) is 8.60. The highest BCUT2D eigenvalue weighted by atomic mass is 16.5. The van der Waals surface area contributed by atoms with Crippen LogP contribution in [-0.2, 0) is 9.59 Å². The van der Waals surface area contributed by atoms with Crippen LogP contribution in [0.25, 0.3) is 0 Å². The first-order valence-corrected chi connectivity index (χ1v) is 11.9. The average Bonchev–Trinajstić information content (AvgIpc) is 2.90. The highest BCUT2D eigenvalue weighted by Crippen LogP contribution is 2.30. The lowest BCUT2D eigenvalue weighted by atomic mass is 9.96. The van der Waals surface area contributed by atoms with Crippen LogP contribution < -0.4 is 24.8 Å². The van der Waals surface area contributed by atoms with Crippen LogP contribution in [0.15, 0.2) is 72.8 Å². The fourth-order valence-electron chi connectivity index (χ4n) is 4.15. The molecule has 1 aliphatic rings. The monoisotopic (exact) mass is 489 g/mol. The molecule has 1 heterocycles. The Bertz CT molecular complexity index is 1160. The van der Waals surface area contributed by atoms with Crippen LogP contribution in [0.5, 0.6) is 23.0 Å². The van der Waals surface area contributed by atoms with E-state index in [4.69, 9.17) is 14.2 Å². The molecule has 1 saturated heterocycles. The Morgan fingerprint density at radius 1 is 0.806 bits per heavy atom. The van der Waals surface area contributed by atoms with E-state index in [1.807, 2.05) is 54.6 Å². The van der Waals surface area contributed by atoms with Gasteiger partial charge < -0.3 is 24.8 Å². The lowest BCUT2D eigenvalue weighted by Crippen LogP contribution is -2.41.